The molecule has 102 valence electrons. The van der Waals surface area contributed by atoms with E-state index in [0.29, 0.717) is 0 Å². The monoisotopic (exact) mass is 276 g/mol. The molecule has 2 rings (SSSR count). The summed E-state index contributed by atoms with van der Waals surface area (Å²) >= 11 is 1.78. The average Bonchev–Trinajstić information content (AvgIpc) is 2.85. The number of nitrogens with zero attached hydrogens (tertiary/aromatic N) is 2. The summed E-state index contributed by atoms with van der Waals surface area (Å²) in [6.45, 7) is 4.98. The molecule has 1 aromatic heterocycles. The number of aryl methyl sites for hydroxylation is 1. The van der Waals surface area contributed by atoms with Crippen LogP contribution in [-0.2, 0) is 12.3 Å². The number of hydrogen-bond donors (Lipinski definition) is 1. The Balaban J connectivity index is 2.02. The first-order valence-corrected chi connectivity index (χ1v) is 7.59. The van der Waals surface area contributed by atoms with E-state index in [-0.39, 0.29) is 0 Å². The minimum Gasteiger partial charge on any atom is -0.389 e. The zero-order chi connectivity index (χ0) is 13.7. The molecule has 0 bridgehead atoms. The second-order valence-corrected chi connectivity index (χ2v) is 5.66. The maximum atomic E-state index is 9.59. The number of aliphatic hydroxyl groups excluding tert-OH is 1. The molecule has 0 saturated carbocycles. The molecular formula is C15H20N2OS. The van der Waals surface area contributed by atoms with Crippen LogP contribution in [0.2, 0.25) is 0 Å². The van der Waals surface area contributed by atoms with Gasteiger partial charge in [0.05, 0.1) is 12.4 Å². The van der Waals surface area contributed by atoms with Crippen molar-refractivity contribution in [2.24, 2.45) is 0 Å². The minimum absolute atomic E-state index is 0.411. The lowest BCUT2D eigenvalue weighted by molar-refractivity contribution is 0.199. The van der Waals surface area contributed by atoms with E-state index in [2.05, 4.69) is 28.6 Å². The third kappa shape index (κ3) is 3.85. The van der Waals surface area contributed by atoms with Gasteiger partial charge in [0, 0.05) is 29.1 Å². The Morgan fingerprint density at radius 3 is 3.00 bits per heavy atom. The van der Waals surface area contributed by atoms with Crippen LogP contribution >= 0.6 is 11.8 Å². The summed E-state index contributed by atoms with van der Waals surface area (Å²) in [4.78, 5) is 5.39. The van der Waals surface area contributed by atoms with Crippen LogP contribution in [0.3, 0.4) is 0 Å². The lowest BCUT2D eigenvalue weighted by atomic mass is 10.1. The van der Waals surface area contributed by atoms with Crippen molar-refractivity contribution >= 4 is 11.8 Å². The minimum atomic E-state index is -0.411. The Morgan fingerprint density at radius 2 is 2.26 bits per heavy atom. The van der Waals surface area contributed by atoms with Crippen molar-refractivity contribution in [3.63, 3.8) is 0 Å². The summed E-state index contributed by atoms with van der Waals surface area (Å²) in [6.07, 6.45) is 4.53. The van der Waals surface area contributed by atoms with Crippen molar-refractivity contribution in [3.05, 3.63) is 48.0 Å². The van der Waals surface area contributed by atoms with Gasteiger partial charge in [-0.1, -0.05) is 19.1 Å². The van der Waals surface area contributed by atoms with Crippen LogP contribution in [-0.4, -0.2) is 14.7 Å². The third-order valence-corrected chi connectivity index (χ3v) is 4.02. The summed E-state index contributed by atoms with van der Waals surface area (Å²) < 4.78 is 2.20. The summed E-state index contributed by atoms with van der Waals surface area (Å²) in [6, 6.07) is 8.08. The molecular weight excluding hydrogens is 256 g/mol. The van der Waals surface area contributed by atoms with Gasteiger partial charge in [0.25, 0.3) is 0 Å². The Morgan fingerprint density at radius 1 is 1.42 bits per heavy atom. The lowest BCUT2D eigenvalue weighted by Gasteiger charge is -2.09. The molecule has 0 fully saturated rings. The molecule has 0 aliphatic carbocycles. The normalized spacial score (nSPS) is 12.6. The molecule has 0 aliphatic rings. The quantitative estimate of drug-likeness (QED) is 0.819. The molecule has 0 radical (unpaired) electrons. The van der Waals surface area contributed by atoms with Crippen molar-refractivity contribution in [3.8, 4) is 0 Å². The molecule has 1 atom stereocenters. The number of rotatable bonds is 6. The van der Waals surface area contributed by atoms with Gasteiger partial charge in [-0.15, -0.1) is 11.8 Å². The first-order chi connectivity index (χ1) is 9.20. The van der Waals surface area contributed by atoms with E-state index in [1.54, 1.807) is 18.7 Å². The van der Waals surface area contributed by atoms with E-state index >= 15 is 0 Å². The number of aromatic nitrogens is 2. The summed E-state index contributed by atoms with van der Waals surface area (Å²) in [7, 11) is 0. The first kappa shape index (κ1) is 14.2. The zero-order valence-corrected chi connectivity index (χ0v) is 12.2. The summed E-state index contributed by atoms with van der Waals surface area (Å²) in [5, 5.41) is 9.59. The van der Waals surface area contributed by atoms with Gasteiger partial charge in [0.1, 0.15) is 0 Å². The molecule has 2 aromatic rings. The smallest absolute Gasteiger partial charge is 0.0948 e. The molecule has 3 nitrogen and oxygen atoms in total. The zero-order valence-electron chi connectivity index (χ0n) is 11.4. The van der Waals surface area contributed by atoms with Crippen LogP contribution in [0.25, 0.3) is 0 Å². The maximum Gasteiger partial charge on any atom is 0.0948 e. The van der Waals surface area contributed by atoms with Gasteiger partial charge in [-0.25, -0.2) is 4.98 Å². The van der Waals surface area contributed by atoms with E-state index in [4.69, 9.17) is 0 Å². The molecule has 0 aliphatic heterocycles. The van der Waals surface area contributed by atoms with Gasteiger partial charge in [-0.05, 0) is 31.0 Å². The molecule has 0 amide bonds. The molecule has 19 heavy (non-hydrogen) atoms. The highest BCUT2D eigenvalue weighted by Gasteiger charge is 2.05. The Hall–Kier alpha value is -1.26. The number of imidazole rings is 1. The fraction of sp³-hybridized carbons (Fsp3) is 0.400. The Bertz CT molecular complexity index is 522. The van der Waals surface area contributed by atoms with Crippen LogP contribution in [0.5, 0.6) is 0 Å². The molecule has 1 unspecified atom stereocenters. The van der Waals surface area contributed by atoms with Gasteiger partial charge in [-0.2, -0.15) is 0 Å². The van der Waals surface area contributed by atoms with Crippen LogP contribution in [0.15, 0.2) is 41.7 Å². The topological polar surface area (TPSA) is 38.0 Å². The molecule has 1 heterocycles. The van der Waals surface area contributed by atoms with Crippen molar-refractivity contribution in [2.75, 3.05) is 0 Å². The highest BCUT2D eigenvalue weighted by molar-refractivity contribution is 7.98. The molecule has 4 heteroatoms. The van der Waals surface area contributed by atoms with Crippen molar-refractivity contribution < 1.29 is 5.11 Å². The average molecular weight is 276 g/mol. The van der Waals surface area contributed by atoms with Gasteiger partial charge in [0.15, 0.2) is 0 Å². The second-order valence-electron chi connectivity index (χ2n) is 4.62. The van der Waals surface area contributed by atoms with Gasteiger partial charge in [-0.3, -0.25) is 0 Å². The van der Waals surface area contributed by atoms with E-state index in [0.717, 1.165) is 24.3 Å². The van der Waals surface area contributed by atoms with Crippen LogP contribution in [0, 0.1) is 0 Å². The van der Waals surface area contributed by atoms with E-state index in [9.17, 15) is 5.11 Å². The maximum absolute atomic E-state index is 9.59. The fourth-order valence-corrected chi connectivity index (χ4v) is 2.88. The number of hydrogen-bond acceptors (Lipinski definition) is 3. The predicted molar refractivity (Wildman–Crippen MR) is 79.2 cm³/mol. The summed E-state index contributed by atoms with van der Waals surface area (Å²) in [5.74, 6) is 0.906. The first-order valence-electron chi connectivity index (χ1n) is 6.60. The fourth-order valence-electron chi connectivity index (χ4n) is 1.93. The Labute approximate surface area is 118 Å². The van der Waals surface area contributed by atoms with Crippen LogP contribution < -0.4 is 0 Å². The number of thioether (sulfide) groups is 1. The van der Waals surface area contributed by atoms with E-state index in [1.165, 1.54) is 10.6 Å². The van der Waals surface area contributed by atoms with E-state index < -0.39 is 6.10 Å². The third-order valence-electron chi connectivity index (χ3n) is 2.99. The predicted octanol–water partition coefficient (Wildman–Crippen LogP) is 3.64. The lowest BCUT2D eigenvalue weighted by Crippen LogP contribution is -1.99. The molecule has 1 aromatic carbocycles. The van der Waals surface area contributed by atoms with Gasteiger partial charge < -0.3 is 9.67 Å². The second kappa shape index (κ2) is 6.78. The SMILES string of the molecule is CCCn1cncc1CSc1cccc(C(C)O)c1. The molecule has 0 saturated heterocycles. The molecule has 1 N–H and O–H groups in total. The number of benzene rings is 1. The van der Waals surface area contributed by atoms with Crippen LogP contribution in [0.4, 0.5) is 0 Å². The Kier molecular flexibility index (Phi) is 5.05. The van der Waals surface area contributed by atoms with Crippen molar-refractivity contribution in [1.82, 2.24) is 9.55 Å². The highest BCUT2D eigenvalue weighted by atomic mass is 32.2. The van der Waals surface area contributed by atoms with Crippen molar-refractivity contribution in [1.29, 1.82) is 0 Å². The van der Waals surface area contributed by atoms with Gasteiger partial charge in [0.2, 0.25) is 0 Å². The van der Waals surface area contributed by atoms with E-state index in [1.807, 2.05) is 24.7 Å². The van der Waals surface area contributed by atoms with Crippen LogP contribution in [0.1, 0.15) is 37.6 Å². The molecule has 0 spiro atoms. The standard InChI is InChI=1S/C15H20N2OS/c1-3-7-17-11-16-9-14(17)10-19-15-6-4-5-13(8-15)12(2)18/h4-6,8-9,11-12,18H,3,7,10H2,1-2H3. The highest BCUT2D eigenvalue weighted by Crippen LogP contribution is 2.25. The largest absolute Gasteiger partial charge is 0.389 e. The summed E-state index contributed by atoms with van der Waals surface area (Å²) in [5.41, 5.74) is 2.21. The van der Waals surface area contributed by atoms with Gasteiger partial charge >= 0.3 is 0 Å². The van der Waals surface area contributed by atoms with Crippen molar-refractivity contribution in [2.45, 2.75) is 43.6 Å². The number of aliphatic hydroxyl groups is 1.